The molecule has 0 saturated carbocycles. The highest BCUT2D eigenvalue weighted by Gasteiger charge is 2.34. The van der Waals surface area contributed by atoms with Gasteiger partial charge in [-0.3, -0.25) is 9.69 Å². The van der Waals surface area contributed by atoms with Crippen LogP contribution in [0.15, 0.2) is 40.8 Å². The molecule has 2 fully saturated rings. The average molecular weight is 421 g/mol. The Kier molecular flexibility index (Phi) is 5.88. The molecule has 8 heteroatoms. The van der Waals surface area contributed by atoms with Crippen molar-refractivity contribution in [1.29, 1.82) is 0 Å². The van der Waals surface area contributed by atoms with Gasteiger partial charge in [-0.1, -0.05) is 19.1 Å². The van der Waals surface area contributed by atoms with Crippen LogP contribution in [0.4, 0.5) is 13.2 Å². The van der Waals surface area contributed by atoms with Crippen LogP contribution in [0, 0.1) is 0 Å². The fourth-order valence-electron chi connectivity index (χ4n) is 4.28. The van der Waals surface area contributed by atoms with Crippen LogP contribution >= 0.6 is 0 Å². The number of benzene rings is 1. The minimum absolute atomic E-state index is 0.166. The molecular weight excluding hydrogens is 395 g/mol. The van der Waals surface area contributed by atoms with E-state index < -0.39 is 11.7 Å². The molecular formula is C22H26F3N3O2. The van der Waals surface area contributed by atoms with Crippen LogP contribution in [0.25, 0.3) is 11.3 Å². The summed E-state index contributed by atoms with van der Waals surface area (Å²) in [5.41, 5.74) is -0.438. The zero-order valence-electron chi connectivity index (χ0n) is 17.0. The monoisotopic (exact) mass is 421 g/mol. The molecule has 1 atom stereocenters. The molecule has 1 amide bonds. The van der Waals surface area contributed by atoms with Crippen molar-refractivity contribution in [2.24, 2.45) is 0 Å². The SMILES string of the molecule is CCN1CCN(C2CCN(C(=O)c3ccc(-c4cccc(C(F)(F)F)c4)o3)C2)CC1. The zero-order chi connectivity index (χ0) is 21.3. The molecule has 0 aliphatic carbocycles. The number of hydrogen-bond donors (Lipinski definition) is 0. The number of amides is 1. The van der Waals surface area contributed by atoms with Crippen molar-refractivity contribution < 1.29 is 22.4 Å². The lowest BCUT2D eigenvalue weighted by Gasteiger charge is -2.37. The lowest BCUT2D eigenvalue weighted by atomic mass is 10.1. The molecule has 2 saturated heterocycles. The van der Waals surface area contributed by atoms with Gasteiger partial charge in [-0.15, -0.1) is 0 Å². The van der Waals surface area contributed by atoms with Crippen molar-refractivity contribution in [1.82, 2.24) is 14.7 Å². The summed E-state index contributed by atoms with van der Waals surface area (Å²) in [6.45, 7) is 8.70. The number of alkyl halides is 3. The lowest BCUT2D eigenvalue weighted by molar-refractivity contribution is -0.137. The smallest absolute Gasteiger partial charge is 0.416 e. The maximum absolute atomic E-state index is 13.0. The summed E-state index contributed by atoms with van der Waals surface area (Å²) in [5, 5.41) is 0. The number of hydrogen-bond acceptors (Lipinski definition) is 4. The molecule has 0 spiro atoms. The largest absolute Gasteiger partial charge is 0.451 e. The minimum atomic E-state index is -4.42. The number of furan rings is 1. The van der Waals surface area contributed by atoms with Crippen LogP contribution in [0.1, 0.15) is 29.5 Å². The molecule has 162 valence electrons. The van der Waals surface area contributed by atoms with Gasteiger partial charge in [0.25, 0.3) is 5.91 Å². The Hall–Kier alpha value is -2.32. The first-order valence-electron chi connectivity index (χ1n) is 10.4. The van der Waals surface area contributed by atoms with Crippen molar-refractivity contribution in [2.75, 3.05) is 45.8 Å². The van der Waals surface area contributed by atoms with Gasteiger partial charge in [0, 0.05) is 50.9 Å². The second-order valence-corrected chi connectivity index (χ2v) is 7.91. The van der Waals surface area contributed by atoms with E-state index in [1.807, 2.05) is 0 Å². The Balaban J connectivity index is 1.40. The van der Waals surface area contributed by atoms with Crippen LogP contribution in [0.3, 0.4) is 0 Å². The Morgan fingerprint density at radius 2 is 1.87 bits per heavy atom. The third kappa shape index (κ3) is 4.39. The number of piperazine rings is 1. The number of likely N-dealkylation sites (N-methyl/N-ethyl adjacent to an activating group) is 1. The van der Waals surface area contributed by atoms with Gasteiger partial charge in [0.05, 0.1) is 5.56 Å². The summed E-state index contributed by atoms with van der Waals surface area (Å²) in [4.78, 5) is 19.5. The number of halogens is 3. The maximum Gasteiger partial charge on any atom is 0.416 e. The van der Waals surface area contributed by atoms with Gasteiger partial charge < -0.3 is 14.2 Å². The molecule has 3 heterocycles. The molecule has 0 N–H and O–H groups in total. The van der Waals surface area contributed by atoms with Crippen LogP contribution in [0.2, 0.25) is 0 Å². The Labute approximate surface area is 174 Å². The molecule has 1 aromatic heterocycles. The van der Waals surface area contributed by atoms with E-state index in [1.54, 1.807) is 23.1 Å². The first kappa shape index (κ1) is 20.9. The molecule has 2 aliphatic heterocycles. The van der Waals surface area contributed by atoms with Gasteiger partial charge >= 0.3 is 6.18 Å². The number of nitrogens with zero attached hydrogens (tertiary/aromatic N) is 3. The van der Waals surface area contributed by atoms with Crippen LogP contribution in [-0.4, -0.2) is 72.5 Å². The van der Waals surface area contributed by atoms with Crippen molar-refractivity contribution in [2.45, 2.75) is 25.6 Å². The maximum atomic E-state index is 13.0. The van der Waals surface area contributed by atoms with E-state index >= 15 is 0 Å². The fourth-order valence-corrected chi connectivity index (χ4v) is 4.28. The Bertz CT molecular complexity index is 888. The highest BCUT2D eigenvalue weighted by Crippen LogP contribution is 2.33. The summed E-state index contributed by atoms with van der Waals surface area (Å²) < 4.78 is 44.5. The van der Waals surface area contributed by atoms with E-state index in [1.165, 1.54) is 6.07 Å². The number of carbonyl (C=O) groups is 1. The van der Waals surface area contributed by atoms with E-state index in [-0.39, 0.29) is 17.4 Å². The van der Waals surface area contributed by atoms with Gasteiger partial charge in [-0.05, 0) is 37.2 Å². The summed E-state index contributed by atoms with van der Waals surface area (Å²) in [6.07, 6.45) is -3.49. The van der Waals surface area contributed by atoms with Crippen molar-refractivity contribution in [3.63, 3.8) is 0 Å². The topological polar surface area (TPSA) is 39.9 Å². The van der Waals surface area contributed by atoms with Crippen molar-refractivity contribution in [3.05, 3.63) is 47.7 Å². The second-order valence-electron chi connectivity index (χ2n) is 7.91. The van der Waals surface area contributed by atoms with Gasteiger partial charge in [0.2, 0.25) is 0 Å². The van der Waals surface area contributed by atoms with Gasteiger partial charge in [-0.25, -0.2) is 0 Å². The first-order valence-corrected chi connectivity index (χ1v) is 10.4. The molecule has 2 aromatic rings. The number of rotatable bonds is 4. The van der Waals surface area contributed by atoms with E-state index in [2.05, 4.69) is 16.7 Å². The molecule has 0 bridgehead atoms. The summed E-state index contributed by atoms with van der Waals surface area (Å²) >= 11 is 0. The molecule has 0 radical (unpaired) electrons. The first-order chi connectivity index (χ1) is 14.3. The standard InChI is InChI=1S/C22H26F3N3O2/c1-2-26-10-12-27(13-11-26)18-8-9-28(15-18)21(29)20-7-6-19(30-20)16-4-3-5-17(14-16)22(23,24)25/h3-7,14,18H,2,8-13,15H2,1H3. The minimum Gasteiger partial charge on any atom is -0.451 e. The Morgan fingerprint density at radius 1 is 1.10 bits per heavy atom. The molecule has 30 heavy (non-hydrogen) atoms. The van der Waals surface area contributed by atoms with Crippen LogP contribution in [0.5, 0.6) is 0 Å². The summed E-state index contributed by atoms with van der Waals surface area (Å²) in [7, 11) is 0. The quantitative estimate of drug-likeness (QED) is 0.753. The predicted octanol–water partition coefficient (Wildman–Crippen LogP) is 3.82. The zero-order valence-corrected chi connectivity index (χ0v) is 17.0. The summed E-state index contributed by atoms with van der Waals surface area (Å²) in [5.74, 6) is 0.220. The van der Waals surface area contributed by atoms with Gasteiger partial charge in [-0.2, -0.15) is 13.2 Å². The Morgan fingerprint density at radius 3 is 2.57 bits per heavy atom. The normalized spacial score (nSPS) is 21.3. The van der Waals surface area contributed by atoms with E-state index in [0.717, 1.165) is 51.3 Å². The lowest BCUT2D eigenvalue weighted by Crippen LogP contribution is -2.51. The molecule has 2 aliphatic rings. The third-order valence-electron chi connectivity index (χ3n) is 6.11. The molecule has 4 rings (SSSR count). The van der Waals surface area contributed by atoms with E-state index in [4.69, 9.17) is 4.42 Å². The molecule has 1 unspecified atom stereocenters. The van der Waals surface area contributed by atoms with Crippen LogP contribution < -0.4 is 0 Å². The third-order valence-corrected chi connectivity index (χ3v) is 6.11. The number of carbonyl (C=O) groups excluding carboxylic acids is 1. The molecule has 5 nitrogen and oxygen atoms in total. The van der Waals surface area contributed by atoms with Gasteiger partial charge in [0.1, 0.15) is 5.76 Å². The van der Waals surface area contributed by atoms with Gasteiger partial charge in [0.15, 0.2) is 5.76 Å². The average Bonchev–Trinajstić information content (AvgIpc) is 3.43. The molecule has 1 aromatic carbocycles. The van der Waals surface area contributed by atoms with Crippen molar-refractivity contribution >= 4 is 5.91 Å². The second kappa shape index (κ2) is 8.43. The van der Waals surface area contributed by atoms with Crippen molar-refractivity contribution in [3.8, 4) is 11.3 Å². The summed E-state index contributed by atoms with van der Waals surface area (Å²) in [6, 6.07) is 8.39. The van der Waals surface area contributed by atoms with E-state index in [9.17, 15) is 18.0 Å². The number of likely N-dealkylation sites (tertiary alicyclic amines) is 1. The van der Waals surface area contributed by atoms with E-state index in [0.29, 0.717) is 24.7 Å². The predicted molar refractivity (Wildman–Crippen MR) is 107 cm³/mol. The highest BCUT2D eigenvalue weighted by molar-refractivity contribution is 5.92. The van der Waals surface area contributed by atoms with Crippen LogP contribution in [-0.2, 0) is 6.18 Å². The fraction of sp³-hybridized carbons (Fsp3) is 0.500. The highest BCUT2D eigenvalue weighted by atomic mass is 19.4.